The molecule has 17 heavy (non-hydrogen) atoms. The van der Waals surface area contributed by atoms with Crippen molar-refractivity contribution in [2.75, 3.05) is 5.32 Å². The van der Waals surface area contributed by atoms with Crippen LogP contribution in [0.2, 0.25) is 0 Å². The number of carboxylic acid groups (broad SMARTS) is 1. The fourth-order valence-corrected chi connectivity index (χ4v) is 1.99. The molecule has 0 amide bonds. The van der Waals surface area contributed by atoms with Crippen molar-refractivity contribution in [2.45, 2.75) is 13.5 Å². The van der Waals surface area contributed by atoms with Gasteiger partial charge in [-0.25, -0.2) is 14.8 Å². The molecule has 0 aliphatic carbocycles. The van der Waals surface area contributed by atoms with Crippen LogP contribution in [0.5, 0.6) is 0 Å². The van der Waals surface area contributed by atoms with E-state index in [-0.39, 0.29) is 5.56 Å². The first-order chi connectivity index (χ1) is 8.16. The highest BCUT2D eigenvalue weighted by Crippen LogP contribution is 2.15. The van der Waals surface area contributed by atoms with Gasteiger partial charge in [-0.15, -0.1) is 11.3 Å². The molecule has 0 atom stereocenters. The van der Waals surface area contributed by atoms with Crippen LogP contribution in [0.15, 0.2) is 23.7 Å². The maximum Gasteiger partial charge on any atom is 0.341 e. The second kappa shape index (κ2) is 4.92. The molecule has 0 saturated carbocycles. The highest BCUT2D eigenvalue weighted by atomic mass is 32.1. The van der Waals surface area contributed by atoms with E-state index in [1.165, 1.54) is 6.20 Å². The fourth-order valence-electron chi connectivity index (χ4n) is 1.35. The van der Waals surface area contributed by atoms with Crippen molar-refractivity contribution in [3.05, 3.63) is 40.0 Å². The Morgan fingerprint density at radius 2 is 2.41 bits per heavy atom. The first-order valence-electron chi connectivity index (χ1n) is 5.00. The van der Waals surface area contributed by atoms with Crippen molar-refractivity contribution in [1.82, 2.24) is 9.97 Å². The molecule has 2 aromatic heterocycles. The number of carbonyl (C=O) groups is 1. The van der Waals surface area contributed by atoms with Crippen molar-refractivity contribution in [2.24, 2.45) is 0 Å². The van der Waals surface area contributed by atoms with Crippen LogP contribution in [0.3, 0.4) is 0 Å². The normalized spacial score (nSPS) is 10.2. The number of thiophene rings is 1. The number of anilines is 1. The molecule has 5 nitrogen and oxygen atoms in total. The number of hydrogen-bond donors (Lipinski definition) is 2. The van der Waals surface area contributed by atoms with Gasteiger partial charge in [-0.1, -0.05) is 6.07 Å². The topological polar surface area (TPSA) is 75.1 Å². The number of aryl methyl sites for hydroxylation is 1. The van der Waals surface area contributed by atoms with Crippen LogP contribution in [0.4, 0.5) is 5.82 Å². The van der Waals surface area contributed by atoms with Crippen LogP contribution >= 0.6 is 11.3 Å². The Bertz CT molecular complexity index is 526. The molecule has 0 saturated heterocycles. The second-order valence-corrected chi connectivity index (χ2v) is 4.45. The summed E-state index contributed by atoms with van der Waals surface area (Å²) in [7, 11) is 0. The molecule has 0 aromatic carbocycles. The number of rotatable bonds is 4. The minimum absolute atomic E-state index is 0.0900. The van der Waals surface area contributed by atoms with Crippen molar-refractivity contribution >= 4 is 23.1 Å². The summed E-state index contributed by atoms with van der Waals surface area (Å²) in [4.78, 5) is 20.1. The number of carboxylic acids is 1. The molecule has 0 bridgehead atoms. The van der Waals surface area contributed by atoms with Crippen LogP contribution in [0.1, 0.15) is 21.1 Å². The number of hydrogen-bond acceptors (Lipinski definition) is 5. The molecular formula is C11H11N3O2S. The van der Waals surface area contributed by atoms with Crippen molar-refractivity contribution in [3.8, 4) is 0 Å². The van der Waals surface area contributed by atoms with Crippen LogP contribution in [0.25, 0.3) is 0 Å². The molecule has 0 aliphatic rings. The van der Waals surface area contributed by atoms with E-state index < -0.39 is 5.97 Å². The maximum atomic E-state index is 11.0. The Labute approximate surface area is 102 Å². The van der Waals surface area contributed by atoms with E-state index in [9.17, 15) is 4.79 Å². The lowest BCUT2D eigenvalue weighted by Gasteiger charge is -2.07. The van der Waals surface area contributed by atoms with E-state index >= 15 is 0 Å². The summed E-state index contributed by atoms with van der Waals surface area (Å²) < 4.78 is 0. The van der Waals surface area contributed by atoms with E-state index in [2.05, 4.69) is 15.3 Å². The van der Waals surface area contributed by atoms with Crippen molar-refractivity contribution < 1.29 is 9.90 Å². The summed E-state index contributed by atoms with van der Waals surface area (Å²) in [6, 6.07) is 3.93. The van der Waals surface area contributed by atoms with Gasteiger partial charge < -0.3 is 10.4 Å². The molecule has 0 unspecified atom stereocenters. The van der Waals surface area contributed by atoms with Gasteiger partial charge in [0.2, 0.25) is 0 Å². The average molecular weight is 249 g/mol. The molecule has 88 valence electrons. The van der Waals surface area contributed by atoms with Gasteiger partial charge in [-0.3, -0.25) is 0 Å². The Hall–Kier alpha value is -1.95. The molecule has 0 fully saturated rings. The molecule has 0 spiro atoms. The number of aromatic nitrogens is 2. The lowest BCUT2D eigenvalue weighted by Crippen LogP contribution is -2.09. The first-order valence-corrected chi connectivity index (χ1v) is 5.88. The Balaban J connectivity index is 2.19. The molecular weight excluding hydrogens is 238 g/mol. The summed E-state index contributed by atoms with van der Waals surface area (Å²) in [6.07, 6.45) is 1.32. The van der Waals surface area contributed by atoms with E-state index in [4.69, 9.17) is 5.11 Å². The lowest BCUT2D eigenvalue weighted by molar-refractivity contribution is 0.0697. The SMILES string of the molecule is Cc1ncc(C(=O)O)c(NCc2cccs2)n1. The number of nitrogens with zero attached hydrogens (tertiary/aromatic N) is 2. The zero-order chi connectivity index (χ0) is 12.3. The summed E-state index contributed by atoms with van der Waals surface area (Å²) in [5, 5.41) is 14.0. The third kappa shape index (κ3) is 2.79. The smallest absolute Gasteiger partial charge is 0.341 e. The molecule has 6 heteroatoms. The Morgan fingerprint density at radius 3 is 3.06 bits per heavy atom. The van der Waals surface area contributed by atoms with Gasteiger partial charge in [0.25, 0.3) is 0 Å². The van der Waals surface area contributed by atoms with Gasteiger partial charge >= 0.3 is 5.97 Å². The predicted octanol–water partition coefficient (Wildman–Crippen LogP) is 2.16. The highest BCUT2D eigenvalue weighted by molar-refractivity contribution is 7.09. The van der Waals surface area contributed by atoms with Gasteiger partial charge in [0, 0.05) is 11.1 Å². The van der Waals surface area contributed by atoms with Crippen molar-refractivity contribution in [3.63, 3.8) is 0 Å². The fraction of sp³-hybridized carbons (Fsp3) is 0.182. The molecule has 0 radical (unpaired) electrons. The summed E-state index contributed by atoms with van der Waals surface area (Å²) >= 11 is 1.61. The van der Waals surface area contributed by atoms with Gasteiger partial charge in [0.1, 0.15) is 17.2 Å². The van der Waals surface area contributed by atoms with Crippen molar-refractivity contribution in [1.29, 1.82) is 0 Å². The average Bonchev–Trinajstić information content (AvgIpc) is 2.78. The minimum Gasteiger partial charge on any atom is -0.477 e. The number of nitrogens with one attached hydrogen (secondary N) is 1. The Kier molecular flexibility index (Phi) is 3.34. The summed E-state index contributed by atoms with van der Waals surface area (Å²) in [5.74, 6) is -0.124. The second-order valence-electron chi connectivity index (χ2n) is 3.42. The molecule has 2 heterocycles. The van der Waals surface area contributed by atoms with Crippen LogP contribution in [-0.2, 0) is 6.54 Å². The van der Waals surface area contributed by atoms with Gasteiger partial charge in [-0.2, -0.15) is 0 Å². The van der Waals surface area contributed by atoms with Crippen LogP contribution in [-0.4, -0.2) is 21.0 Å². The zero-order valence-corrected chi connectivity index (χ0v) is 9.99. The predicted molar refractivity (Wildman–Crippen MR) is 65.4 cm³/mol. The summed E-state index contributed by atoms with van der Waals surface area (Å²) in [5.41, 5.74) is 0.0900. The largest absolute Gasteiger partial charge is 0.477 e. The summed E-state index contributed by atoms with van der Waals surface area (Å²) in [6.45, 7) is 2.29. The van der Waals surface area contributed by atoms with Gasteiger partial charge in [0.05, 0.1) is 6.54 Å². The number of aromatic carboxylic acids is 1. The highest BCUT2D eigenvalue weighted by Gasteiger charge is 2.12. The third-order valence-electron chi connectivity index (χ3n) is 2.15. The van der Waals surface area contributed by atoms with E-state index in [0.29, 0.717) is 18.2 Å². The van der Waals surface area contributed by atoms with E-state index in [0.717, 1.165) is 4.88 Å². The third-order valence-corrected chi connectivity index (χ3v) is 3.03. The molecule has 2 aromatic rings. The monoisotopic (exact) mass is 249 g/mol. The first kappa shape index (κ1) is 11.5. The van der Waals surface area contributed by atoms with Gasteiger partial charge in [0.15, 0.2) is 0 Å². The van der Waals surface area contributed by atoms with Crippen LogP contribution in [0, 0.1) is 6.92 Å². The van der Waals surface area contributed by atoms with E-state index in [1.54, 1.807) is 18.3 Å². The quantitative estimate of drug-likeness (QED) is 0.868. The maximum absolute atomic E-state index is 11.0. The van der Waals surface area contributed by atoms with Gasteiger partial charge in [-0.05, 0) is 18.4 Å². The molecule has 0 aliphatic heterocycles. The molecule has 2 N–H and O–H groups in total. The Morgan fingerprint density at radius 1 is 1.59 bits per heavy atom. The lowest BCUT2D eigenvalue weighted by atomic mass is 10.3. The van der Waals surface area contributed by atoms with Crippen LogP contribution < -0.4 is 5.32 Å². The standard InChI is InChI=1S/C11H11N3O2S/c1-7-12-6-9(11(15)16)10(14-7)13-5-8-3-2-4-17-8/h2-4,6H,5H2,1H3,(H,15,16)(H,12,13,14). The molecule has 2 rings (SSSR count). The minimum atomic E-state index is -1.03. The zero-order valence-electron chi connectivity index (χ0n) is 9.17. The van der Waals surface area contributed by atoms with E-state index in [1.807, 2.05) is 17.5 Å².